The Morgan fingerprint density at radius 3 is 2.33 bits per heavy atom. The third-order valence-electron chi connectivity index (χ3n) is 4.70. The highest BCUT2D eigenvalue weighted by atomic mass is 32.2. The molecular weight excluding hydrogens is 420 g/mol. The molecule has 9 heteroatoms. The van der Waals surface area contributed by atoms with Crippen LogP contribution >= 0.6 is 11.3 Å². The van der Waals surface area contributed by atoms with Crippen molar-refractivity contribution in [1.82, 2.24) is 14.5 Å². The van der Waals surface area contributed by atoms with Crippen LogP contribution in [0.15, 0.2) is 47.4 Å². The van der Waals surface area contributed by atoms with Gasteiger partial charge in [0.05, 0.1) is 4.90 Å². The fourth-order valence-electron chi connectivity index (χ4n) is 2.78. The van der Waals surface area contributed by atoms with Crippen molar-refractivity contribution in [2.24, 2.45) is 0 Å². The summed E-state index contributed by atoms with van der Waals surface area (Å²) >= 11 is 1.26. The normalized spacial score (nSPS) is 11.8. The molecule has 1 N–H and O–H groups in total. The van der Waals surface area contributed by atoms with Gasteiger partial charge in [-0.25, -0.2) is 12.7 Å². The van der Waals surface area contributed by atoms with Crippen molar-refractivity contribution in [3.05, 3.63) is 59.2 Å². The summed E-state index contributed by atoms with van der Waals surface area (Å²) in [6.07, 6.45) is 0. The van der Waals surface area contributed by atoms with Crippen molar-refractivity contribution in [3.63, 3.8) is 0 Å². The van der Waals surface area contributed by atoms with Crippen LogP contribution in [0.5, 0.6) is 0 Å². The van der Waals surface area contributed by atoms with Crippen LogP contribution in [0.4, 0.5) is 5.13 Å². The maximum absolute atomic E-state index is 12.8. The molecule has 0 fully saturated rings. The highest BCUT2D eigenvalue weighted by Gasteiger charge is 2.21. The second-order valence-corrected chi connectivity index (χ2v) is 10.5. The van der Waals surface area contributed by atoms with Crippen molar-refractivity contribution in [2.75, 3.05) is 19.4 Å². The minimum absolute atomic E-state index is 0.0615. The molecule has 0 atom stereocenters. The monoisotopic (exact) mass is 444 g/mol. The molecule has 0 aliphatic rings. The summed E-state index contributed by atoms with van der Waals surface area (Å²) in [6.45, 7) is 6.02. The third kappa shape index (κ3) is 4.58. The Morgan fingerprint density at radius 1 is 1.07 bits per heavy atom. The Balaban J connectivity index is 1.82. The number of amides is 1. The second-order valence-electron chi connectivity index (χ2n) is 7.41. The Hall–Kier alpha value is -2.62. The van der Waals surface area contributed by atoms with Crippen molar-refractivity contribution in [1.29, 1.82) is 0 Å². The maximum atomic E-state index is 12.8. The summed E-state index contributed by atoms with van der Waals surface area (Å²) < 4.78 is 25.9. The van der Waals surface area contributed by atoms with Crippen molar-refractivity contribution < 1.29 is 13.2 Å². The molecule has 7 nitrogen and oxygen atoms in total. The summed E-state index contributed by atoms with van der Waals surface area (Å²) in [5.41, 5.74) is 3.10. The van der Waals surface area contributed by atoms with Gasteiger partial charge in [-0.15, -0.1) is 10.2 Å². The fraction of sp³-hybridized carbons (Fsp3) is 0.286. The highest BCUT2D eigenvalue weighted by molar-refractivity contribution is 7.89. The van der Waals surface area contributed by atoms with E-state index in [2.05, 4.69) is 41.5 Å². The first-order chi connectivity index (χ1) is 14.1. The Labute approximate surface area is 180 Å². The molecule has 0 saturated heterocycles. The molecule has 0 saturated carbocycles. The molecule has 0 radical (unpaired) electrons. The molecule has 30 heavy (non-hydrogen) atoms. The van der Waals surface area contributed by atoms with Crippen molar-refractivity contribution in [2.45, 2.75) is 31.6 Å². The van der Waals surface area contributed by atoms with Crippen LogP contribution in [0.1, 0.15) is 41.3 Å². The number of nitrogens with one attached hydrogen (secondary N) is 1. The van der Waals surface area contributed by atoms with E-state index in [1.165, 1.54) is 43.1 Å². The van der Waals surface area contributed by atoms with Crippen molar-refractivity contribution >= 4 is 32.4 Å². The second kappa shape index (κ2) is 8.63. The van der Waals surface area contributed by atoms with Gasteiger partial charge in [0.2, 0.25) is 15.2 Å². The van der Waals surface area contributed by atoms with E-state index in [1.54, 1.807) is 13.0 Å². The number of sulfonamides is 1. The fourth-order valence-corrected chi connectivity index (χ4v) is 4.45. The van der Waals surface area contributed by atoms with Gasteiger partial charge in [0.15, 0.2) is 0 Å². The smallest absolute Gasteiger partial charge is 0.257 e. The van der Waals surface area contributed by atoms with Gasteiger partial charge in [0.1, 0.15) is 5.01 Å². The largest absolute Gasteiger partial charge is 0.296 e. The Bertz CT molecular complexity index is 1170. The maximum Gasteiger partial charge on any atom is 0.257 e. The van der Waals surface area contributed by atoms with Crippen molar-refractivity contribution in [3.8, 4) is 10.6 Å². The molecule has 0 spiro atoms. The number of nitrogens with zero attached hydrogens (tertiary/aromatic N) is 3. The van der Waals surface area contributed by atoms with Crippen LogP contribution < -0.4 is 5.32 Å². The Kier molecular flexibility index (Phi) is 6.35. The lowest BCUT2D eigenvalue weighted by Gasteiger charge is -2.13. The summed E-state index contributed by atoms with van der Waals surface area (Å²) in [7, 11) is -0.737. The zero-order valence-electron chi connectivity index (χ0n) is 17.5. The van der Waals surface area contributed by atoms with E-state index in [1.807, 2.05) is 12.1 Å². The number of hydrogen-bond donors (Lipinski definition) is 1. The molecule has 1 heterocycles. The van der Waals surface area contributed by atoms with Gasteiger partial charge in [0.25, 0.3) is 5.91 Å². The molecule has 0 unspecified atom stereocenters. The van der Waals surface area contributed by atoms with Crippen LogP contribution in [0, 0.1) is 6.92 Å². The number of carbonyl (C=O) groups excluding carboxylic acids is 1. The van der Waals surface area contributed by atoms with Crippen LogP contribution in [0.2, 0.25) is 0 Å². The summed E-state index contributed by atoms with van der Waals surface area (Å²) in [5.74, 6) is 0.0137. The number of anilines is 1. The van der Waals surface area contributed by atoms with Gasteiger partial charge in [0, 0.05) is 25.2 Å². The molecule has 0 bridgehead atoms. The lowest BCUT2D eigenvalue weighted by Crippen LogP contribution is -2.23. The molecule has 0 aliphatic heterocycles. The van der Waals surface area contributed by atoms with E-state index in [-0.39, 0.29) is 10.5 Å². The first-order valence-corrected chi connectivity index (χ1v) is 11.6. The van der Waals surface area contributed by atoms with Gasteiger partial charge in [-0.3, -0.25) is 10.1 Å². The predicted octanol–water partition coefficient (Wildman–Crippen LogP) is 4.14. The van der Waals surface area contributed by atoms with Gasteiger partial charge >= 0.3 is 0 Å². The van der Waals surface area contributed by atoms with E-state index in [4.69, 9.17) is 0 Å². The predicted molar refractivity (Wildman–Crippen MR) is 119 cm³/mol. The number of aromatic nitrogens is 2. The standard InChI is InChI=1S/C21H24N4O3S2/c1-13(2)15-7-9-16(10-8-15)20-23-24-21(29-20)22-19(26)18-12-17(11-6-14(18)3)30(27,28)25(4)5/h6-13H,1-5H3,(H,22,24,26). The molecule has 158 valence electrons. The molecule has 3 rings (SSSR count). The topological polar surface area (TPSA) is 92.3 Å². The third-order valence-corrected chi connectivity index (χ3v) is 7.40. The van der Waals surface area contributed by atoms with E-state index in [0.717, 1.165) is 9.87 Å². The molecular formula is C21H24N4O3S2. The van der Waals surface area contributed by atoms with Crippen LogP contribution in [0.3, 0.4) is 0 Å². The SMILES string of the molecule is Cc1ccc(S(=O)(=O)N(C)C)cc1C(=O)Nc1nnc(-c2ccc(C(C)C)cc2)s1. The van der Waals surface area contributed by atoms with Gasteiger partial charge in [-0.1, -0.05) is 55.5 Å². The summed E-state index contributed by atoms with van der Waals surface area (Å²) in [4.78, 5) is 12.8. The first kappa shape index (κ1) is 22.1. The highest BCUT2D eigenvalue weighted by Crippen LogP contribution is 2.28. The van der Waals surface area contributed by atoms with Crippen LogP contribution in [0.25, 0.3) is 10.6 Å². The minimum atomic E-state index is -3.64. The number of carbonyl (C=O) groups is 1. The van der Waals surface area contributed by atoms with E-state index >= 15 is 0 Å². The van der Waals surface area contributed by atoms with E-state index in [0.29, 0.717) is 21.6 Å². The average Bonchev–Trinajstić information content (AvgIpc) is 3.16. The number of rotatable bonds is 6. The average molecular weight is 445 g/mol. The van der Waals surface area contributed by atoms with E-state index in [9.17, 15) is 13.2 Å². The molecule has 3 aromatic rings. The number of benzene rings is 2. The van der Waals surface area contributed by atoms with Crippen LogP contribution in [-0.2, 0) is 10.0 Å². The van der Waals surface area contributed by atoms with Gasteiger partial charge in [-0.05, 0) is 36.1 Å². The summed E-state index contributed by atoms with van der Waals surface area (Å²) in [6, 6.07) is 12.6. The minimum Gasteiger partial charge on any atom is -0.296 e. The van der Waals surface area contributed by atoms with Gasteiger partial charge < -0.3 is 0 Å². The zero-order valence-corrected chi connectivity index (χ0v) is 19.1. The van der Waals surface area contributed by atoms with Crippen LogP contribution in [-0.4, -0.2) is 42.9 Å². The molecule has 1 aromatic heterocycles. The molecule has 2 aromatic carbocycles. The summed E-state index contributed by atoms with van der Waals surface area (Å²) in [5, 5.41) is 12.0. The quantitative estimate of drug-likeness (QED) is 0.617. The zero-order chi connectivity index (χ0) is 22.1. The molecule has 1 amide bonds. The molecule has 0 aliphatic carbocycles. The van der Waals surface area contributed by atoms with E-state index < -0.39 is 15.9 Å². The van der Waals surface area contributed by atoms with Gasteiger partial charge in [-0.2, -0.15) is 0 Å². The lowest BCUT2D eigenvalue weighted by atomic mass is 10.0. The number of hydrogen-bond acceptors (Lipinski definition) is 6. The lowest BCUT2D eigenvalue weighted by molar-refractivity contribution is 0.102. The first-order valence-electron chi connectivity index (χ1n) is 9.38. The Morgan fingerprint density at radius 2 is 1.73 bits per heavy atom. The number of aryl methyl sites for hydroxylation is 1.